The Morgan fingerprint density at radius 2 is 1.81 bits per heavy atom. The average Bonchev–Trinajstić information content (AvgIpc) is 2.17. The summed E-state index contributed by atoms with van der Waals surface area (Å²) in [4.78, 5) is 13.4. The van der Waals surface area contributed by atoms with Crippen molar-refractivity contribution in [1.82, 2.24) is 10.2 Å². The number of nitrogens with zero attached hydrogens (tertiary/aromatic N) is 1. The lowest BCUT2D eigenvalue weighted by atomic mass is 10.3. The molecule has 6 heteroatoms. The zero-order valence-corrected chi connectivity index (χ0v) is 12.0. The van der Waals surface area contributed by atoms with Gasteiger partial charge in [0.1, 0.15) is 0 Å². The first-order valence-corrected chi connectivity index (χ1v) is 5.37. The van der Waals surface area contributed by atoms with Crippen LogP contribution >= 0.6 is 24.8 Å². The van der Waals surface area contributed by atoms with Crippen molar-refractivity contribution in [2.45, 2.75) is 33.2 Å². The molecule has 0 aliphatic carbocycles. The van der Waals surface area contributed by atoms with Gasteiger partial charge in [0.15, 0.2) is 0 Å². The highest BCUT2D eigenvalue weighted by molar-refractivity contribution is 5.85. The smallest absolute Gasteiger partial charge is 0.236 e. The van der Waals surface area contributed by atoms with E-state index in [9.17, 15) is 4.79 Å². The second-order valence-electron chi connectivity index (χ2n) is 3.46. The van der Waals surface area contributed by atoms with Gasteiger partial charge in [0.25, 0.3) is 0 Å². The maximum absolute atomic E-state index is 11.1. The molecule has 3 N–H and O–H groups in total. The lowest BCUT2D eigenvalue weighted by molar-refractivity contribution is -0.121. The minimum Gasteiger partial charge on any atom is -0.355 e. The number of hydrogen-bond donors (Lipinski definition) is 2. The van der Waals surface area contributed by atoms with E-state index in [1.165, 1.54) is 0 Å². The monoisotopic (exact) mass is 273 g/mol. The molecule has 0 saturated carbocycles. The molecule has 1 unspecified atom stereocenters. The minimum atomic E-state index is -0.400. The van der Waals surface area contributed by atoms with E-state index < -0.39 is 6.04 Å². The minimum absolute atomic E-state index is 0. The van der Waals surface area contributed by atoms with Gasteiger partial charge in [-0.2, -0.15) is 0 Å². The Morgan fingerprint density at radius 3 is 2.19 bits per heavy atom. The van der Waals surface area contributed by atoms with Gasteiger partial charge in [0, 0.05) is 6.54 Å². The number of halogens is 2. The molecule has 0 aliphatic heterocycles. The molecule has 0 bridgehead atoms. The normalized spacial score (nSPS) is 11.3. The van der Waals surface area contributed by atoms with Crippen molar-refractivity contribution in [2.75, 3.05) is 26.2 Å². The van der Waals surface area contributed by atoms with Gasteiger partial charge in [0.2, 0.25) is 5.91 Å². The van der Waals surface area contributed by atoms with E-state index in [0.717, 1.165) is 32.6 Å². The van der Waals surface area contributed by atoms with Crippen LogP contribution in [-0.2, 0) is 4.79 Å². The second-order valence-corrected chi connectivity index (χ2v) is 3.46. The number of carbonyl (C=O) groups excluding carboxylic acids is 1. The van der Waals surface area contributed by atoms with Crippen LogP contribution in [0.4, 0.5) is 0 Å². The Labute approximate surface area is 111 Å². The first-order valence-electron chi connectivity index (χ1n) is 5.37. The fourth-order valence-corrected chi connectivity index (χ4v) is 1.22. The van der Waals surface area contributed by atoms with Gasteiger partial charge in [-0.15, -0.1) is 24.8 Å². The summed E-state index contributed by atoms with van der Waals surface area (Å²) in [5.41, 5.74) is 5.41. The quantitative estimate of drug-likeness (QED) is 0.682. The van der Waals surface area contributed by atoms with Crippen LogP contribution in [0.25, 0.3) is 0 Å². The van der Waals surface area contributed by atoms with Crippen molar-refractivity contribution in [3.05, 3.63) is 0 Å². The van der Waals surface area contributed by atoms with E-state index in [1.807, 2.05) is 0 Å². The Bertz CT molecular complexity index is 164. The molecule has 1 atom stereocenters. The molecule has 0 rings (SSSR count). The van der Waals surface area contributed by atoms with E-state index >= 15 is 0 Å². The number of rotatable bonds is 7. The number of nitrogens with two attached hydrogens (primary N) is 1. The van der Waals surface area contributed by atoms with E-state index in [-0.39, 0.29) is 30.7 Å². The molecule has 16 heavy (non-hydrogen) atoms. The molecule has 100 valence electrons. The third-order valence-electron chi connectivity index (χ3n) is 2.26. The Hall–Kier alpha value is -0.0300. The summed E-state index contributed by atoms with van der Waals surface area (Å²) in [5, 5.41) is 2.80. The summed E-state index contributed by atoms with van der Waals surface area (Å²) >= 11 is 0. The first kappa shape index (κ1) is 21.3. The zero-order valence-electron chi connectivity index (χ0n) is 10.4. The van der Waals surface area contributed by atoms with Crippen molar-refractivity contribution < 1.29 is 4.79 Å². The van der Waals surface area contributed by atoms with Crippen molar-refractivity contribution in [3.8, 4) is 0 Å². The van der Waals surface area contributed by atoms with Gasteiger partial charge in [-0.3, -0.25) is 4.79 Å². The Morgan fingerprint density at radius 1 is 1.31 bits per heavy atom. The molecule has 0 saturated heterocycles. The van der Waals surface area contributed by atoms with Crippen molar-refractivity contribution >= 4 is 30.7 Å². The topological polar surface area (TPSA) is 58.4 Å². The fourth-order valence-electron chi connectivity index (χ4n) is 1.22. The summed E-state index contributed by atoms with van der Waals surface area (Å²) in [5.74, 6) is -0.0652. The van der Waals surface area contributed by atoms with Crippen LogP contribution in [0.2, 0.25) is 0 Å². The predicted molar refractivity (Wildman–Crippen MR) is 73.6 cm³/mol. The Balaban J connectivity index is -0.000000845. The fraction of sp³-hybridized carbons (Fsp3) is 0.900. The van der Waals surface area contributed by atoms with E-state index in [1.54, 1.807) is 6.92 Å². The molecular formula is C10H25Cl2N3O. The van der Waals surface area contributed by atoms with Crippen LogP contribution < -0.4 is 11.1 Å². The molecule has 0 aromatic heterocycles. The van der Waals surface area contributed by atoms with Crippen LogP contribution in [0.1, 0.15) is 27.2 Å². The van der Waals surface area contributed by atoms with Gasteiger partial charge in [-0.05, 0) is 33.0 Å². The van der Waals surface area contributed by atoms with Crippen LogP contribution in [0.3, 0.4) is 0 Å². The zero-order chi connectivity index (χ0) is 11.0. The number of hydrogen-bond acceptors (Lipinski definition) is 3. The molecular weight excluding hydrogens is 249 g/mol. The first-order chi connectivity index (χ1) is 6.61. The van der Waals surface area contributed by atoms with Crippen LogP contribution in [0, 0.1) is 0 Å². The summed E-state index contributed by atoms with van der Waals surface area (Å²) in [6.07, 6.45) is 0.986. The third-order valence-corrected chi connectivity index (χ3v) is 2.26. The molecule has 1 amide bonds. The van der Waals surface area contributed by atoms with E-state index in [0.29, 0.717) is 0 Å². The molecule has 0 aromatic rings. The largest absolute Gasteiger partial charge is 0.355 e. The third kappa shape index (κ3) is 10.5. The SMILES string of the molecule is CCN(CC)CCCNC(=O)C(C)N.Cl.Cl. The second kappa shape index (κ2) is 13.0. The van der Waals surface area contributed by atoms with Crippen LogP contribution in [0.15, 0.2) is 0 Å². The highest BCUT2D eigenvalue weighted by Gasteiger charge is 2.05. The number of amides is 1. The predicted octanol–water partition coefficient (Wildman–Crippen LogP) is 1.03. The molecule has 0 fully saturated rings. The highest BCUT2D eigenvalue weighted by Crippen LogP contribution is 1.89. The molecule has 0 spiro atoms. The molecule has 0 heterocycles. The molecule has 0 aliphatic rings. The Kier molecular flexibility index (Phi) is 17.3. The lowest BCUT2D eigenvalue weighted by Crippen LogP contribution is -2.39. The maximum Gasteiger partial charge on any atom is 0.236 e. The lowest BCUT2D eigenvalue weighted by Gasteiger charge is -2.17. The van der Waals surface area contributed by atoms with Crippen LogP contribution in [0.5, 0.6) is 0 Å². The van der Waals surface area contributed by atoms with Gasteiger partial charge in [-0.1, -0.05) is 13.8 Å². The van der Waals surface area contributed by atoms with Crippen molar-refractivity contribution in [3.63, 3.8) is 0 Å². The molecule has 0 radical (unpaired) electrons. The van der Waals surface area contributed by atoms with Gasteiger partial charge < -0.3 is 16.0 Å². The van der Waals surface area contributed by atoms with Gasteiger partial charge in [0.05, 0.1) is 6.04 Å². The van der Waals surface area contributed by atoms with Gasteiger partial charge in [-0.25, -0.2) is 0 Å². The van der Waals surface area contributed by atoms with Gasteiger partial charge >= 0.3 is 0 Å². The summed E-state index contributed by atoms with van der Waals surface area (Å²) in [7, 11) is 0. The molecule has 4 nitrogen and oxygen atoms in total. The average molecular weight is 274 g/mol. The van der Waals surface area contributed by atoms with Crippen molar-refractivity contribution in [2.24, 2.45) is 5.73 Å². The number of nitrogens with one attached hydrogen (secondary N) is 1. The summed E-state index contributed by atoms with van der Waals surface area (Å²) in [6, 6.07) is -0.400. The van der Waals surface area contributed by atoms with Crippen LogP contribution in [-0.4, -0.2) is 43.0 Å². The summed E-state index contributed by atoms with van der Waals surface area (Å²) < 4.78 is 0. The van der Waals surface area contributed by atoms with E-state index in [2.05, 4.69) is 24.1 Å². The highest BCUT2D eigenvalue weighted by atomic mass is 35.5. The van der Waals surface area contributed by atoms with E-state index in [4.69, 9.17) is 5.73 Å². The van der Waals surface area contributed by atoms with Crippen molar-refractivity contribution in [1.29, 1.82) is 0 Å². The summed E-state index contributed by atoms with van der Waals surface area (Å²) in [6.45, 7) is 9.87. The maximum atomic E-state index is 11.1. The molecule has 0 aromatic carbocycles. The number of carbonyl (C=O) groups is 1. The standard InChI is InChI=1S/C10H23N3O.2ClH/c1-4-13(5-2)8-6-7-12-10(14)9(3)11;;/h9H,4-8,11H2,1-3H3,(H,12,14);2*1H.